The highest BCUT2D eigenvalue weighted by Gasteiger charge is 2.30. The predicted molar refractivity (Wildman–Crippen MR) is 141 cm³/mol. The van der Waals surface area contributed by atoms with Gasteiger partial charge in [0.2, 0.25) is 0 Å². The van der Waals surface area contributed by atoms with Crippen LogP contribution in [0.25, 0.3) is 22.1 Å². The predicted octanol–water partition coefficient (Wildman–Crippen LogP) is 4.42. The number of aryl methyl sites for hydroxylation is 1. The summed E-state index contributed by atoms with van der Waals surface area (Å²) in [5, 5.41) is 0.542. The molecule has 1 atom stereocenters. The molecule has 0 radical (unpaired) electrons. The first-order valence-corrected chi connectivity index (χ1v) is 13.0. The zero-order valence-electron chi connectivity index (χ0n) is 22.3. The van der Waals surface area contributed by atoms with Crippen molar-refractivity contribution in [3.63, 3.8) is 0 Å². The van der Waals surface area contributed by atoms with Crippen molar-refractivity contribution in [1.82, 2.24) is 19.4 Å². The molecule has 3 aromatic heterocycles. The van der Waals surface area contributed by atoms with Crippen LogP contribution in [-0.4, -0.2) is 63.3 Å². The van der Waals surface area contributed by atoms with Crippen molar-refractivity contribution in [2.75, 3.05) is 26.2 Å². The van der Waals surface area contributed by atoms with E-state index in [0.717, 1.165) is 11.1 Å². The molecular formula is C28H36N4O5. The lowest BCUT2D eigenvalue weighted by Gasteiger charge is -2.39. The number of ether oxygens (including phenoxy) is 2. The Labute approximate surface area is 217 Å². The molecule has 37 heavy (non-hydrogen) atoms. The molecule has 198 valence electrons. The lowest BCUT2D eigenvalue weighted by molar-refractivity contribution is 0.00382. The summed E-state index contributed by atoms with van der Waals surface area (Å²) in [6, 6.07) is 3.86. The van der Waals surface area contributed by atoms with Crippen LogP contribution in [0.3, 0.4) is 0 Å². The van der Waals surface area contributed by atoms with Crippen LogP contribution in [0.5, 0.6) is 5.75 Å². The van der Waals surface area contributed by atoms with Crippen LogP contribution in [-0.2, 0) is 18.3 Å². The SMILES string of the molecule is C[C@@H]1CN(C(=O)OC(C)(C)C)CCN1Cc1cc2c(=O)n(C)cc(-c3ccncc3OCC3CC3)c2o1. The average molecular weight is 509 g/mol. The fraction of sp³-hybridized carbons (Fsp3) is 0.536. The molecule has 1 aliphatic carbocycles. The highest BCUT2D eigenvalue weighted by Crippen LogP contribution is 2.37. The van der Waals surface area contributed by atoms with Crippen molar-refractivity contribution in [3.05, 3.63) is 46.8 Å². The van der Waals surface area contributed by atoms with Gasteiger partial charge in [0, 0.05) is 56.2 Å². The number of pyridine rings is 2. The van der Waals surface area contributed by atoms with Crippen LogP contribution >= 0.6 is 0 Å². The van der Waals surface area contributed by atoms with Crippen LogP contribution in [0.4, 0.5) is 4.79 Å². The summed E-state index contributed by atoms with van der Waals surface area (Å²) < 4.78 is 19.6. The summed E-state index contributed by atoms with van der Waals surface area (Å²) in [6.07, 6.45) is 7.38. The molecule has 2 fully saturated rings. The molecule has 9 nitrogen and oxygen atoms in total. The highest BCUT2D eigenvalue weighted by atomic mass is 16.6. The van der Waals surface area contributed by atoms with Gasteiger partial charge in [0.1, 0.15) is 22.7 Å². The zero-order chi connectivity index (χ0) is 26.3. The maximum atomic E-state index is 13.0. The minimum absolute atomic E-state index is 0.106. The molecule has 2 aliphatic rings. The second-order valence-electron chi connectivity index (χ2n) is 11.3. The highest BCUT2D eigenvalue weighted by molar-refractivity contribution is 5.93. The van der Waals surface area contributed by atoms with Gasteiger partial charge in [0.25, 0.3) is 5.56 Å². The number of rotatable bonds is 6. The van der Waals surface area contributed by atoms with E-state index in [9.17, 15) is 9.59 Å². The minimum atomic E-state index is -0.521. The van der Waals surface area contributed by atoms with Gasteiger partial charge >= 0.3 is 6.09 Å². The van der Waals surface area contributed by atoms with Gasteiger partial charge in [-0.25, -0.2) is 4.79 Å². The Balaban J connectivity index is 1.38. The molecule has 9 heteroatoms. The minimum Gasteiger partial charge on any atom is -0.491 e. The van der Waals surface area contributed by atoms with E-state index in [1.807, 2.05) is 32.9 Å². The molecule has 5 rings (SSSR count). The van der Waals surface area contributed by atoms with E-state index in [0.29, 0.717) is 61.2 Å². The van der Waals surface area contributed by atoms with Crippen LogP contribution < -0.4 is 10.3 Å². The summed E-state index contributed by atoms with van der Waals surface area (Å²) >= 11 is 0. The van der Waals surface area contributed by atoms with Crippen LogP contribution in [0.2, 0.25) is 0 Å². The number of piperazine rings is 1. The van der Waals surface area contributed by atoms with E-state index in [2.05, 4.69) is 16.8 Å². The van der Waals surface area contributed by atoms with Gasteiger partial charge in [-0.3, -0.25) is 14.7 Å². The summed E-state index contributed by atoms with van der Waals surface area (Å²) in [5.74, 6) is 2.02. The van der Waals surface area contributed by atoms with Gasteiger partial charge in [-0.05, 0) is 58.6 Å². The molecular weight excluding hydrogens is 472 g/mol. The molecule has 0 aromatic carbocycles. The van der Waals surface area contributed by atoms with Crippen LogP contribution in [0.15, 0.2) is 39.9 Å². The Morgan fingerprint density at radius 2 is 2.00 bits per heavy atom. The zero-order valence-corrected chi connectivity index (χ0v) is 22.3. The van der Waals surface area contributed by atoms with E-state index < -0.39 is 5.60 Å². The third-order valence-corrected chi connectivity index (χ3v) is 6.92. The number of fused-ring (bicyclic) bond motifs is 1. The topological polar surface area (TPSA) is 90.0 Å². The third kappa shape index (κ3) is 5.66. The number of hydrogen-bond acceptors (Lipinski definition) is 7. The fourth-order valence-corrected chi connectivity index (χ4v) is 4.70. The molecule has 0 spiro atoms. The van der Waals surface area contributed by atoms with Gasteiger partial charge in [0.15, 0.2) is 0 Å². The Hall–Kier alpha value is -3.33. The largest absolute Gasteiger partial charge is 0.491 e. The number of amides is 1. The van der Waals surface area contributed by atoms with E-state index >= 15 is 0 Å². The lowest BCUT2D eigenvalue weighted by Crippen LogP contribution is -2.54. The van der Waals surface area contributed by atoms with Crippen molar-refractivity contribution >= 4 is 17.1 Å². The lowest BCUT2D eigenvalue weighted by atomic mass is 10.1. The smallest absolute Gasteiger partial charge is 0.410 e. The molecule has 4 heterocycles. The number of carbonyl (C=O) groups excluding carboxylic acids is 1. The number of furan rings is 1. The van der Waals surface area contributed by atoms with E-state index in [1.165, 1.54) is 12.8 Å². The molecule has 0 bridgehead atoms. The van der Waals surface area contributed by atoms with Crippen molar-refractivity contribution in [2.45, 2.75) is 58.7 Å². The monoisotopic (exact) mass is 508 g/mol. The summed E-state index contributed by atoms with van der Waals surface area (Å²) in [6.45, 7) is 10.8. The third-order valence-electron chi connectivity index (χ3n) is 6.92. The van der Waals surface area contributed by atoms with Crippen molar-refractivity contribution in [1.29, 1.82) is 0 Å². The fourth-order valence-electron chi connectivity index (χ4n) is 4.70. The molecule has 0 N–H and O–H groups in total. The van der Waals surface area contributed by atoms with Gasteiger partial charge in [-0.15, -0.1) is 0 Å². The molecule has 3 aromatic rings. The van der Waals surface area contributed by atoms with Crippen LogP contribution in [0, 0.1) is 5.92 Å². The van der Waals surface area contributed by atoms with E-state index in [4.69, 9.17) is 13.9 Å². The van der Waals surface area contributed by atoms with Crippen molar-refractivity contribution < 1.29 is 18.7 Å². The Morgan fingerprint density at radius 1 is 1.22 bits per heavy atom. The Morgan fingerprint density at radius 3 is 2.70 bits per heavy atom. The normalized spacial score (nSPS) is 18.8. The van der Waals surface area contributed by atoms with Gasteiger partial charge in [-0.2, -0.15) is 0 Å². The quantitative estimate of drug-likeness (QED) is 0.487. The maximum absolute atomic E-state index is 13.0. The Bertz CT molecular complexity index is 1350. The molecule has 1 saturated heterocycles. The second-order valence-corrected chi connectivity index (χ2v) is 11.3. The number of aromatic nitrogens is 2. The van der Waals surface area contributed by atoms with Gasteiger partial charge in [0.05, 0.1) is 24.7 Å². The van der Waals surface area contributed by atoms with E-state index in [-0.39, 0.29) is 17.7 Å². The maximum Gasteiger partial charge on any atom is 0.410 e. The Kier molecular flexibility index (Phi) is 6.74. The van der Waals surface area contributed by atoms with Crippen molar-refractivity contribution in [3.8, 4) is 16.9 Å². The van der Waals surface area contributed by atoms with Gasteiger partial charge in [-0.1, -0.05) is 0 Å². The summed E-state index contributed by atoms with van der Waals surface area (Å²) in [7, 11) is 1.75. The van der Waals surface area contributed by atoms with E-state index in [1.54, 1.807) is 35.1 Å². The summed E-state index contributed by atoms with van der Waals surface area (Å²) in [4.78, 5) is 33.8. The number of hydrogen-bond donors (Lipinski definition) is 0. The first-order valence-electron chi connectivity index (χ1n) is 13.0. The number of nitrogens with zero attached hydrogens (tertiary/aromatic N) is 4. The first-order chi connectivity index (χ1) is 17.6. The van der Waals surface area contributed by atoms with Crippen LogP contribution in [0.1, 0.15) is 46.3 Å². The standard InChI is InChI=1S/C28H36N4O5/c1-18-14-32(27(34)37-28(2,3)4)11-10-31(18)15-20-12-22-25(36-20)23(16-30(5)26(22)33)21-8-9-29-13-24(21)35-17-19-6-7-19/h8-9,12-13,16,18-19H,6-7,10-11,14-15,17H2,1-5H3/t18-/m1/s1. The summed E-state index contributed by atoms with van der Waals surface area (Å²) in [5.41, 5.74) is 1.59. The number of carbonyl (C=O) groups is 1. The second kappa shape index (κ2) is 9.85. The molecule has 1 aliphatic heterocycles. The molecule has 0 unspecified atom stereocenters. The molecule has 1 amide bonds. The van der Waals surface area contributed by atoms with Gasteiger partial charge < -0.3 is 23.4 Å². The van der Waals surface area contributed by atoms with Crippen molar-refractivity contribution in [2.24, 2.45) is 13.0 Å². The molecule has 1 saturated carbocycles. The first kappa shape index (κ1) is 25.3. The average Bonchev–Trinajstić information content (AvgIpc) is 3.58.